The standard InChI is InChI=1S/C14H24ClN3/c1-2-18-12-13(10-16-18)11-17(9-8-15)14-6-4-3-5-7-14/h10,12,14H,2-9,11H2,1H3. The molecule has 2 rings (SSSR count). The van der Waals surface area contributed by atoms with Crippen LogP contribution in [0.2, 0.25) is 0 Å². The minimum Gasteiger partial charge on any atom is -0.295 e. The topological polar surface area (TPSA) is 21.1 Å². The van der Waals surface area contributed by atoms with Crippen LogP contribution in [0.5, 0.6) is 0 Å². The van der Waals surface area contributed by atoms with E-state index in [0.717, 1.165) is 31.6 Å². The van der Waals surface area contributed by atoms with E-state index in [4.69, 9.17) is 11.6 Å². The SMILES string of the molecule is CCn1cc(CN(CCCl)C2CCCCC2)cn1. The van der Waals surface area contributed by atoms with Gasteiger partial charge in [-0.2, -0.15) is 5.10 Å². The van der Waals surface area contributed by atoms with Crippen molar-refractivity contribution in [1.82, 2.24) is 14.7 Å². The number of aryl methyl sites for hydroxylation is 1. The summed E-state index contributed by atoms with van der Waals surface area (Å²) >= 11 is 5.95. The van der Waals surface area contributed by atoms with Crippen molar-refractivity contribution >= 4 is 11.6 Å². The van der Waals surface area contributed by atoms with Gasteiger partial charge in [0.1, 0.15) is 0 Å². The van der Waals surface area contributed by atoms with Crippen LogP contribution in [-0.2, 0) is 13.1 Å². The molecule has 1 aliphatic carbocycles. The lowest BCUT2D eigenvalue weighted by Gasteiger charge is -2.33. The van der Waals surface area contributed by atoms with Gasteiger partial charge in [-0.3, -0.25) is 9.58 Å². The quantitative estimate of drug-likeness (QED) is 0.739. The van der Waals surface area contributed by atoms with Gasteiger partial charge in [0, 0.05) is 43.3 Å². The van der Waals surface area contributed by atoms with Crippen molar-refractivity contribution in [1.29, 1.82) is 0 Å². The summed E-state index contributed by atoms with van der Waals surface area (Å²) in [7, 11) is 0. The first-order valence-electron chi connectivity index (χ1n) is 7.15. The van der Waals surface area contributed by atoms with Crippen molar-refractivity contribution in [2.75, 3.05) is 12.4 Å². The number of hydrogen-bond donors (Lipinski definition) is 0. The molecule has 0 bridgehead atoms. The first-order chi connectivity index (χ1) is 8.83. The highest BCUT2D eigenvalue weighted by atomic mass is 35.5. The Kier molecular flexibility index (Phi) is 5.51. The van der Waals surface area contributed by atoms with Gasteiger partial charge in [0.15, 0.2) is 0 Å². The van der Waals surface area contributed by atoms with Crippen LogP contribution in [0.3, 0.4) is 0 Å². The van der Waals surface area contributed by atoms with Gasteiger partial charge in [-0.15, -0.1) is 11.6 Å². The first kappa shape index (κ1) is 13.9. The van der Waals surface area contributed by atoms with Crippen LogP contribution in [0.15, 0.2) is 12.4 Å². The molecule has 0 N–H and O–H groups in total. The second-order valence-corrected chi connectivity index (χ2v) is 5.53. The van der Waals surface area contributed by atoms with E-state index in [1.807, 2.05) is 10.9 Å². The highest BCUT2D eigenvalue weighted by Crippen LogP contribution is 2.23. The second kappa shape index (κ2) is 7.15. The summed E-state index contributed by atoms with van der Waals surface area (Å²) in [6, 6.07) is 0.725. The Labute approximate surface area is 115 Å². The predicted octanol–water partition coefficient (Wildman–Crippen LogP) is 3.28. The molecule has 1 aromatic heterocycles. The lowest BCUT2D eigenvalue weighted by Crippen LogP contribution is -2.37. The molecule has 1 heterocycles. The minimum absolute atomic E-state index is 0.721. The van der Waals surface area contributed by atoms with E-state index < -0.39 is 0 Å². The molecule has 1 aliphatic rings. The predicted molar refractivity (Wildman–Crippen MR) is 75.9 cm³/mol. The maximum Gasteiger partial charge on any atom is 0.0534 e. The molecule has 0 unspecified atom stereocenters. The number of aromatic nitrogens is 2. The third-order valence-corrected chi connectivity index (χ3v) is 4.03. The number of hydrogen-bond acceptors (Lipinski definition) is 2. The maximum absolute atomic E-state index is 5.95. The van der Waals surface area contributed by atoms with E-state index in [-0.39, 0.29) is 0 Å². The minimum atomic E-state index is 0.721. The fraction of sp³-hybridized carbons (Fsp3) is 0.786. The number of rotatable bonds is 6. The molecular weight excluding hydrogens is 246 g/mol. The highest BCUT2D eigenvalue weighted by molar-refractivity contribution is 6.18. The zero-order valence-corrected chi connectivity index (χ0v) is 12.1. The molecule has 18 heavy (non-hydrogen) atoms. The van der Waals surface area contributed by atoms with E-state index >= 15 is 0 Å². The van der Waals surface area contributed by atoms with Gasteiger partial charge < -0.3 is 0 Å². The monoisotopic (exact) mass is 269 g/mol. The summed E-state index contributed by atoms with van der Waals surface area (Å²) in [5.41, 5.74) is 1.31. The molecule has 0 aliphatic heterocycles. The zero-order valence-electron chi connectivity index (χ0n) is 11.3. The molecule has 3 nitrogen and oxygen atoms in total. The molecule has 102 valence electrons. The van der Waals surface area contributed by atoms with Crippen molar-refractivity contribution < 1.29 is 0 Å². The Morgan fingerprint density at radius 1 is 1.39 bits per heavy atom. The Balaban J connectivity index is 1.95. The summed E-state index contributed by atoms with van der Waals surface area (Å²) in [5.74, 6) is 0.721. The summed E-state index contributed by atoms with van der Waals surface area (Å²) in [5, 5.41) is 4.35. The molecule has 1 aromatic rings. The lowest BCUT2D eigenvalue weighted by atomic mass is 9.94. The van der Waals surface area contributed by atoms with Crippen molar-refractivity contribution in [3.63, 3.8) is 0 Å². The fourth-order valence-electron chi connectivity index (χ4n) is 2.84. The molecule has 0 spiro atoms. The summed E-state index contributed by atoms with van der Waals surface area (Å²) in [4.78, 5) is 2.54. The van der Waals surface area contributed by atoms with Crippen LogP contribution in [-0.4, -0.2) is 33.1 Å². The molecular formula is C14H24ClN3. The van der Waals surface area contributed by atoms with Crippen LogP contribution in [0.1, 0.15) is 44.6 Å². The fourth-order valence-corrected chi connectivity index (χ4v) is 3.06. The summed E-state index contributed by atoms with van der Waals surface area (Å²) < 4.78 is 2.00. The summed E-state index contributed by atoms with van der Waals surface area (Å²) in [6.07, 6.45) is 11.0. The van der Waals surface area contributed by atoms with Crippen LogP contribution < -0.4 is 0 Å². The zero-order chi connectivity index (χ0) is 12.8. The van der Waals surface area contributed by atoms with Gasteiger partial charge in [0.2, 0.25) is 0 Å². The Bertz CT molecular complexity index is 345. The highest BCUT2D eigenvalue weighted by Gasteiger charge is 2.21. The third kappa shape index (κ3) is 3.72. The van der Waals surface area contributed by atoms with E-state index in [1.54, 1.807) is 0 Å². The van der Waals surface area contributed by atoms with Crippen molar-refractivity contribution in [2.45, 2.75) is 58.2 Å². The van der Waals surface area contributed by atoms with Crippen molar-refractivity contribution in [3.05, 3.63) is 18.0 Å². The first-order valence-corrected chi connectivity index (χ1v) is 7.68. The van der Waals surface area contributed by atoms with Gasteiger partial charge in [-0.1, -0.05) is 19.3 Å². The van der Waals surface area contributed by atoms with E-state index in [0.29, 0.717) is 0 Å². The number of alkyl halides is 1. The Hall–Kier alpha value is -0.540. The molecule has 1 fully saturated rings. The number of halogens is 1. The molecule has 0 saturated heterocycles. The maximum atomic E-state index is 5.95. The van der Waals surface area contributed by atoms with Crippen molar-refractivity contribution in [3.8, 4) is 0 Å². The molecule has 0 atom stereocenters. The van der Waals surface area contributed by atoms with Gasteiger partial charge in [-0.25, -0.2) is 0 Å². The van der Waals surface area contributed by atoms with E-state index in [9.17, 15) is 0 Å². The Morgan fingerprint density at radius 3 is 2.78 bits per heavy atom. The third-order valence-electron chi connectivity index (χ3n) is 3.86. The van der Waals surface area contributed by atoms with Gasteiger partial charge in [-0.05, 0) is 19.8 Å². The average molecular weight is 270 g/mol. The summed E-state index contributed by atoms with van der Waals surface area (Å²) in [6.45, 7) is 5.05. The molecule has 1 saturated carbocycles. The van der Waals surface area contributed by atoms with E-state index in [1.165, 1.54) is 37.7 Å². The molecule has 0 amide bonds. The van der Waals surface area contributed by atoms with Crippen LogP contribution in [0.4, 0.5) is 0 Å². The van der Waals surface area contributed by atoms with Crippen LogP contribution in [0, 0.1) is 0 Å². The average Bonchev–Trinajstić information content (AvgIpc) is 2.87. The van der Waals surface area contributed by atoms with Gasteiger partial charge in [0.25, 0.3) is 0 Å². The lowest BCUT2D eigenvalue weighted by molar-refractivity contribution is 0.157. The largest absolute Gasteiger partial charge is 0.295 e. The smallest absolute Gasteiger partial charge is 0.0534 e. The van der Waals surface area contributed by atoms with Crippen molar-refractivity contribution in [2.24, 2.45) is 0 Å². The molecule has 4 heteroatoms. The molecule has 0 radical (unpaired) electrons. The molecule has 0 aromatic carbocycles. The van der Waals surface area contributed by atoms with Gasteiger partial charge >= 0.3 is 0 Å². The van der Waals surface area contributed by atoms with Crippen LogP contribution in [0.25, 0.3) is 0 Å². The number of nitrogens with zero attached hydrogens (tertiary/aromatic N) is 3. The van der Waals surface area contributed by atoms with E-state index in [2.05, 4.69) is 23.1 Å². The Morgan fingerprint density at radius 2 is 2.17 bits per heavy atom. The van der Waals surface area contributed by atoms with Crippen LogP contribution >= 0.6 is 11.6 Å². The van der Waals surface area contributed by atoms with Gasteiger partial charge in [0.05, 0.1) is 6.20 Å². The second-order valence-electron chi connectivity index (χ2n) is 5.16. The normalized spacial score (nSPS) is 17.5.